The molecule has 9 nitrogen and oxygen atoms in total. The highest BCUT2D eigenvalue weighted by molar-refractivity contribution is 5.31. The maximum atomic E-state index is 12.2. The van der Waals surface area contributed by atoms with E-state index in [1.807, 2.05) is 6.08 Å². The number of rotatable bonds is 9. The van der Waals surface area contributed by atoms with Crippen LogP contribution in [0.2, 0.25) is 0 Å². The molecule has 0 aromatic rings. The van der Waals surface area contributed by atoms with Crippen LogP contribution in [0.1, 0.15) is 92.9 Å². The molecule has 4 aliphatic carbocycles. The third-order valence-electron chi connectivity index (χ3n) is 14.2. The highest BCUT2D eigenvalue weighted by Crippen LogP contribution is 2.75. The van der Waals surface area contributed by atoms with E-state index in [4.69, 9.17) is 9.47 Å². The van der Waals surface area contributed by atoms with Gasteiger partial charge in [-0.1, -0.05) is 59.3 Å². The Bertz CT molecular complexity index is 1110. The lowest BCUT2D eigenvalue weighted by atomic mass is 9.38. The van der Waals surface area contributed by atoms with Crippen molar-refractivity contribution in [3.8, 4) is 0 Å². The zero-order valence-electron chi connectivity index (χ0n) is 28.2. The quantitative estimate of drug-likeness (QED) is 0.189. The minimum Gasteiger partial charge on any atom is -0.394 e. The fourth-order valence-corrected chi connectivity index (χ4v) is 11.2. The normalized spacial score (nSPS) is 48.1. The predicted octanol–water partition coefficient (Wildman–Crippen LogP) is 3.07. The third-order valence-corrected chi connectivity index (χ3v) is 14.2. The van der Waals surface area contributed by atoms with Crippen LogP contribution in [-0.4, -0.2) is 98.5 Å². The number of ether oxygens (including phenoxy) is 2. The first kappa shape index (κ1) is 35.4. The fraction of sp³-hybridized carbons (Fsp3) is 0.889. The van der Waals surface area contributed by atoms with Gasteiger partial charge in [0.1, 0.15) is 24.4 Å². The Labute approximate surface area is 269 Å². The van der Waals surface area contributed by atoms with Gasteiger partial charge in [-0.3, -0.25) is 0 Å². The third kappa shape index (κ3) is 5.50. The van der Waals surface area contributed by atoms with E-state index in [9.17, 15) is 35.7 Å². The first-order chi connectivity index (χ1) is 21.1. The van der Waals surface area contributed by atoms with Crippen LogP contribution in [0, 0.1) is 45.3 Å². The summed E-state index contributed by atoms with van der Waals surface area (Å²) in [4.78, 5) is 0. The molecule has 14 atom stereocenters. The zero-order chi connectivity index (χ0) is 33.1. The van der Waals surface area contributed by atoms with Gasteiger partial charge in [-0.15, -0.1) is 0 Å². The van der Waals surface area contributed by atoms with Crippen molar-refractivity contribution < 1.29 is 45.2 Å². The zero-order valence-corrected chi connectivity index (χ0v) is 28.2. The summed E-state index contributed by atoms with van der Waals surface area (Å²) in [5.41, 5.74) is 1.33. The molecule has 5 aliphatic rings. The SMILES string of the molecule is C[C@H](CCC=C(CO)CO)[C@H]1CC[C@@]2(C)[C@@H]3CC=C4[C@@H](CC[C@H](O[C@@H]5O[C@H](CO)[C@@H](O)[C@H](O)[C@H]5O)C4(C)C)[C@]3(C)[C@H](O)C[C@]12C. The average molecular weight is 637 g/mol. The molecule has 0 unspecified atom stereocenters. The summed E-state index contributed by atoms with van der Waals surface area (Å²) in [5, 5.41) is 72.0. The number of hydrogen-bond acceptors (Lipinski definition) is 9. The van der Waals surface area contributed by atoms with Gasteiger partial charge in [0.25, 0.3) is 0 Å². The molecule has 7 N–H and O–H groups in total. The Hall–Kier alpha value is -0.880. The summed E-state index contributed by atoms with van der Waals surface area (Å²) in [6.07, 6.45) is 4.42. The Balaban J connectivity index is 1.37. The Morgan fingerprint density at radius 2 is 1.64 bits per heavy atom. The summed E-state index contributed by atoms with van der Waals surface area (Å²) in [6, 6.07) is 0. The second kappa shape index (κ2) is 12.9. The van der Waals surface area contributed by atoms with Gasteiger partial charge in [0.2, 0.25) is 0 Å². The number of aliphatic hydroxyl groups is 7. The van der Waals surface area contributed by atoms with E-state index in [0.717, 1.165) is 44.9 Å². The van der Waals surface area contributed by atoms with E-state index in [-0.39, 0.29) is 41.5 Å². The van der Waals surface area contributed by atoms with Gasteiger partial charge in [0.05, 0.1) is 32.0 Å². The van der Waals surface area contributed by atoms with Crippen LogP contribution in [0.15, 0.2) is 23.3 Å². The van der Waals surface area contributed by atoms with Crippen molar-refractivity contribution in [2.45, 2.75) is 136 Å². The van der Waals surface area contributed by atoms with Crippen molar-refractivity contribution in [3.63, 3.8) is 0 Å². The van der Waals surface area contributed by atoms with Gasteiger partial charge < -0.3 is 45.2 Å². The van der Waals surface area contributed by atoms with Gasteiger partial charge in [0, 0.05) is 10.8 Å². The molecule has 3 saturated carbocycles. The Morgan fingerprint density at radius 1 is 0.956 bits per heavy atom. The van der Waals surface area contributed by atoms with E-state index >= 15 is 0 Å². The smallest absolute Gasteiger partial charge is 0.187 e. The van der Waals surface area contributed by atoms with Gasteiger partial charge in [-0.25, -0.2) is 0 Å². The second-order valence-electron chi connectivity index (χ2n) is 16.4. The van der Waals surface area contributed by atoms with Crippen LogP contribution >= 0.6 is 0 Å². The highest BCUT2D eigenvalue weighted by Gasteiger charge is 2.70. The Kier molecular flexibility index (Phi) is 10.1. The number of hydrogen-bond donors (Lipinski definition) is 7. The first-order valence-electron chi connectivity index (χ1n) is 17.4. The molecule has 45 heavy (non-hydrogen) atoms. The molecule has 1 aliphatic heterocycles. The molecule has 0 aromatic heterocycles. The highest BCUT2D eigenvalue weighted by atomic mass is 16.7. The van der Waals surface area contributed by atoms with E-state index in [0.29, 0.717) is 29.7 Å². The van der Waals surface area contributed by atoms with Crippen LogP contribution in [0.3, 0.4) is 0 Å². The maximum absolute atomic E-state index is 12.2. The van der Waals surface area contributed by atoms with E-state index in [1.54, 1.807) is 0 Å². The summed E-state index contributed by atoms with van der Waals surface area (Å²) >= 11 is 0. The van der Waals surface area contributed by atoms with Gasteiger partial charge in [0.15, 0.2) is 6.29 Å². The van der Waals surface area contributed by atoms with E-state index < -0.39 is 48.8 Å². The molecule has 5 rings (SSSR count). The topological polar surface area (TPSA) is 160 Å². The lowest BCUT2D eigenvalue weighted by Crippen LogP contribution is -2.65. The van der Waals surface area contributed by atoms with Crippen LogP contribution in [0.25, 0.3) is 0 Å². The summed E-state index contributed by atoms with van der Waals surface area (Å²) in [6.45, 7) is 13.2. The monoisotopic (exact) mass is 636 g/mol. The molecule has 4 fully saturated rings. The molecule has 0 spiro atoms. The molecule has 1 saturated heterocycles. The summed E-state index contributed by atoms with van der Waals surface area (Å²) in [5.74, 6) is 1.48. The van der Waals surface area contributed by atoms with Crippen molar-refractivity contribution in [3.05, 3.63) is 23.3 Å². The molecule has 0 aromatic carbocycles. The number of fused-ring (bicyclic) bond motifs is 5. The van der Waals surface area contributed by atoms with Crippen LogP contribution in [-0.2, 0) is 9.47 Å². The van der Waals surface area contributed by atoms with E-state index in [1.165, 1.54) is 5.57 Å². The molecule has 0 bridgehead atoms. The summed E-state index contributed by atoms with van der Waals surface area (Å²) < 4.78 is 12.1. The van der Waals surface area contributed by atoms with Crippen molar-refractivity contribution in [1.29, 1.82) is 0 Å². The lowest BCUT2D eigenvalue weighted by Gasteiger charge is -2.67. The maximum Gasteiger partial charge on any atom is 0.187 e. The van der Waals surface area contributed by atoms with Crippen molar-refractivity contribution in [2.75, 3.05) is 19.8 Å². The van der Waals surface area contributed by atoms with Gasteiger partial charge in [-0.2, -0.15) is 0 Å². The van der Waals surface area contributed by atoms with Crippen molar-refractivity contribution in [2.24, 2.45) is 45.3 Å². The molecule has 0 amide bonds. The molecule has 0 radical (unpaired) electrons. The molecular weight excluding hydrogens is 576 g/mol. The van der Waals surface area contributed by atoms with E-state index in [2.05, 4.69) is 47.6 Å². The van der Waals surface area contributed by atoms with Crippen LogP contribution in [0.5, 0.6) is 0 Å². The number of allylic oxidation sites excluding steroid dienone is 2. The average Bonchev–Trinajstić information content (AvgIpc) is 3.27. The largest absolute Gasteiger partial charge is 0.394 e. The minimum absolute atomic E-state index is 0.000787. The molecule has 258 valence electrons. The fourth-order valence-electron chi connectivity index (χ4n) is 11.2. The van der Waals surface area contributed by atoms with Gasteiger partial charge in [-0.05, 0) is 91.4 Å². The van der Waals surface area contributed by atoms with Crippen molar-refractivity contribution >= 4 is 0 Å². The van der Waals surface area contributed by atoms with Crippen LogP contribution in [0.4, 0.5) is 0 Å². The lowest BCUT2D eigenvalue weighted by molar-refractivity contribution is -0.320. The van der Waals surface area contributed by atoms with Gasteiger partial charge >= 0.3 is 0 Å². The second-order valence-corrected chi connectivity index (χ2v) is 16.4. The molecule has 9 heteroatoms. The van der Waals surface area contributed by atoms with Crippen molar-refractivity contribution in [1.82, 2.24) is 0 Å². The molecule has 1 heterocycles. The molecular formula is C36H60O9. The minimum atomic E-state index is -1.48. The van der Waals surface area contributed by atoms with Crippen LogP contribution < -0.4 is 0 Å². The first-order valence-corrected chi connectivity index (χ1v) is 17.4. The summed E-state index contributed by atoms with van der Waals surface area (Å²) in [7, 11) is 0. The number of aliphatic hydroxyl groups excluding tert-OH is 7. The Morgan fingerprint density at radius 3 is 2.29 bits per heavy atom. The predicted molar refractivity (Wildman–Crippen MR) is 170 cm³/mol. The standard InChI is InChI=1S/C36H60O9/c1-20(8-7-9-21(17-37)18-38)22-14-15-34(4)26-12-10-23-24(36(26,6)27(40)16-35(22,34)5)11-13-28(33(23,2)3)45-32-31(43)30(42)29(41)25(19-39)44-32/h9-10,20,22,24-32,37-43H,7-8,11-19H2,1-6H3/t20-,22-,24-,25-,26+,27-,28+,29-,30+,31-,32+,34+,35-,36+/m1/s1.